The first-order valence-corrected chi connectivity index (χ1v) is 8.28. The topological polar surface area (TPSA) is 44.0 Å². The number of nitriles is 1. The van der Waals surface area contributed by atoms with E-state index in [1.54, 1.807) is 33.7 Å². The molecule has 4 heteroatoms. The molecule has 1 fully saturated rings. The molecule has 0 spiro atoms. The van der Waals surface area contributed by atoms with Crippen LogP contribution in [0.1, 0.15) is 44.1 Å². The fourth-order valence-corrected chi connectivity index (χ4v) is 5.01. The molecule has 1 aliphatic heterocycles. The third-order valence-corrected chi connectivity index (χ3v) is 6.44. The van der Waals surface area contributed by atoms with Gasteiger partial charge in [-0.05, 0) is 31.5 Å². The first kappa shape index (κ1) is 15.4. The first-order valence-electron chi connectivity index (χ1n) is 6.07. The zero-order valence-electron chi connectivity index (χ0n) is 11.2. The zero-order valence-corrected chi connectivity index (χ0v) is 12.8. The van der Waals surface area contributed by atoms with Gasteiger partial charge in [0.15, 0.2) is 0 Å². The van der Waals surface area contributed by atoms with Crippen molar-refractivity contribution in [2.45, 2.75) is 43.8 Å². The van der Waals surface area contributed by atoms with Crippen molar-refractivity contribution >= 4 is 21.6 Å². The molecule has 18 heavy (non-hydrogen) atoms. The molecule has 2 nitrogen and oxygen atoms in total. The van der Waals surface area contributed by atoms with Gasteiger partial charge in [-0.2, -0.15) is 5.26 Å². The fraction of sp³-hybridized carbons (Fsp3) is 0.500. The zero-order chi connectivity index (χ0) is 13.8. The van der Waals surface area contributed by atoms with E-state index in [4.69, 9.17) is 5.26 Å². The fourth-order valence-electron chi connectivity index (χ4n) is 1.63. The average Bonchev–Trinajstić information content (AvgIpc) is 2.67. The van der Waals surface area contributed by atoms with Crippen molar-refractivity contribution in [3.05, 3.63) is 35.4 Å². The summed E-state index contributed by atoms with van der Waals surface area (Å²) in [6.07, 6.45) is -0.351. The van der Waals surface area contributed by atoms with Crippen LogP contribution in [-0.2, 0) is 0 Å². The minimum absolute atomic E-state index is 0.104. The molecule has 0 bridgehead atoms. The summed E-state index contributed by atoms with van der Waals surface area (Å²) < 4.78 is -0.108. The van der Waals surface area contributed by atoms with E-state index in [1.807, 2.05) is 26.0 Å². The highest BCUT2D eigenvalue weighted by atomic mass is 33.1. The maximum absolute atomic E-state index is 10.2. The van der Waals surface area contributed by atoms with E-state index in [1.165, 1.54) is 0 Å². The predicted octanol–water partition coefficient (Wildman–Crippen LogP) is 4.16. The van der Waals surface area contributed by atoms with Gasteiger partial charge in [-0.3, -0.25) is 0 Å². The summed E-state index contributed by atoms with van der Waals surface area (Å²) in [5.41, 5.74) is 1.75. The summed E-state index contributed by atoms with van der Waals surface area (Å²) in [6, 6.07) is 9.57. The molecular weight excluding hydrogens is 262 g/mol. The van der Waals surface area contributed by atoms with Gasteiger partial charge < -0.3 is 5.11 Å². The molecule has 1 aromatic carbocycles. The lowest BCUT2D eigenvalue weighted by Gasteiger charge is -2.23. The molecule has 1 N–H and O–H groups in total. The monoisotopic (exact) mass is 281 g/mol. The summed E-state index contributed by atoms with van der Waals surface area (Å²) in [7, 11) is 3.43. The molecule has 0 aromatic heterocycles. The number of benzene rings is 1. The molecule has 0 radical (unpaired) electrons. The Bertz CT molecular complexity index is 422. The van der Waals surface area contributed by atoms with Crippen molar-refractivity contribution in [3.8, 4) is 6.07 Å². The van der Waals surface area contributed by atoms with Crippen LogP contribution in [0.15, 0.2) is 24.3 Å². The summed E-state index contributed by atoms with van der Waals surface area (Å²) in [6.45, 7) is 8.11. The molecule has 2 unspecified atom stereocenters. The second-order valence-corrected chi connectivity index (χ2v) is 7.38. The van der Waals surface area contributed by atoms with E-state index in [0.29, 0.717) is 5.56 Å². The number of rotatable bonds is 1. The number of aliphatic hydroxyl groups excluding tert-OH is 1. The third kappa shape index (κ3) is 3.23. The summed E-state index contributed by atoms with van der Waals surface area (Å²) in [5, 5.41) is 19.0. The molecule has 98 valence electrons. The van der Waals surface area contributed by atoms with E-state index >= 15 is 0 Å². The standard InChI is InChI=1S/C12H13NOS2.C2H6/c1-12(2)11(14)10(15-16-12)9-5-3-8(7-13)4-6-9;1-2/h3-6,10-11,14H,1-2H3;1-2H3. The lowest BCUT2D eigenvalue weighted by molar-refractivity contribution is 0.143. The van der Waals surface area contributed by atoms with Crippen LogP contribution in [0.3, 0.4) is 0 Å². The maximum atomic E-state index is 10.2. The van der Waals surface area contributed by atoms with Gasteiger partial charge in [-0.15, -0.1) is 0 Å². The van der Waals surface area contributed by atoms with Crippen LogP contribution in [0, 0.1) is 11.3 Å². The van der Waals surface area contributed by atoms with Crippen LogP contribution < -0.4 is 0 Å². The maximum Gasteiger partial charge on any atom is 0.0991 e. The van der Waals surface area contributed by atoms with Crippen LogP contribution in [0.2, 0.25) is 0 Å². The van der Waals surface area contributed by atoms with Crippen LogP contribution >= 0.6 is 21.6 Å². The van der Waals surface area contributed by atoms with E-state index in [2.05, 4.69) is 19.9 Å². The predicted molar refractivity (Wildman–Crippen MR) is 80.5 cm³/mol. The van der Waals surface area contributed by atoms with Crippen molar-refractivity contribution in [1.29, 1.82) is 5.26 Å². The normalized spacial score (nSPS) is 24.9. The van der Waals surface area contributed by atoms with Crippen molar-refractivity contribution in [2.24, 2.45) is 0 Å². The Kier molecular flexibility index (Phi) is 5.58. The molecule has 1 aliphatic rings. The number of nitrogens with zero attached hydrogens (tertiary/aromatic N) is 1. The van der Waals surface area contributed by atoms with Crippen molar-refractivity contribution < 1.29 is 5.11 Å². The Morgan fingerprint density at radius 1 is 1.22 bits per heavy atom. The second-order valence-electron chi connectivity index (χ2n) is 4.38. The quantitative estimate of drug-likeness (QED) is 0.785. The highest BCUT2D eigenvalue weighted by Crippen LogP contribution is 2.57. The van der Waals surface area contributed by atoms with E-state index in [0.717, 1.165) is 5.56 Å². The number of aliphatic hydroxyl groups is 1. The lowest BCUT2D eigenvalue weighted by Crippen LogP contribution is -2.31. The van der Waals surface area contributed by atoms with Gasteiger partial charge in [0, 0.05) is 4.75 Å². The highest BCUT2D eigenvalue weighted by Gasteiger charge is 2.43. The highest BCUT2D eigenvalue weighted by molar-refractivity contribution is 8.77. The molecule has 1 heterocycles. The van der Waals surface area contributed by atoms with Gasteiger partial charge in [-0.1, -0.05) is 47.6 Å². The van der Waals surface area contributed by atoms with Crippen LogP contribution in [0.5, 0.6) is 0 Å². The van der Waals surface area contributed by atoms with Gasteiger partial charge in [0.2, 0.25) is 0 Å². The largest absolute Gasteiger partial charge is 0.390 e. The summed E-state index contributed by atoms with van der Waals surface area (Å²) in [5.74, 6) is 0. The number of hydrogen-bond acceptors (Lipinski definition) is 4. The molecular formula is C14H19NOS2. The average molecular weight is 281 g/mol. The van der Waals surface area contributed by atoms with Crippen molar-refractivity contribution in [2.75, 3.05) is 0 Å². The third-order valence-electron chi connectivity index (χ3n) is 2.73. The van der Waals surface area contributed by atoms with Crippen molar-refractivity contribution in [3.63, 3.8) is 0 Å². The Morgan fingerprint density at radius 3 is 2.17 bits per heavy atom. The molecule has 1 aromatic rings. The van der Waals surface area contributed by atoms with Gasteiger partial charge >= 0.3 is 0 Å². The van der Waals surface area contributed by atoms with E-state index in [-0.39, 0.29) is 16.1 Å². The molecule has 2 atom stereocenters. The smallest absolute Gasteiger partial charge is 0.0991 e. The molecule has 2 rings (SSSR count). The first-order chi connectivity index (χ1) is 8.54. The Hall–Kier alpha value is -0.630. The van der Waals surface area contributed by atoms with Gasteiger partial charge in [0.05, 0.1) is 23.0 Å². The number of hydrogen-bond donors (Lipinski definition) is 1. The molecule has 0 saturated carbocycles. The summed E-state index contributed by atoms with van der Waals surface area (Å²) in [4.78, 5) is 0. The SMILES string of the molecule is CC.CC1(C)SSC(c2ccc(C#N)cc2)C1O. The van der Waals surface area contributed by atoms with Gasteiger partial charge in [0.1, 0.15) is 0 Å². The van der Waals surface area contributed by atoms with Gasteiger partial charge in [0.25, 0.3) is 0 Å². The molecule has 1 saturated heterocycles. The summed E-state index contributed by atoms with van der Waals surface area (Å²) >= 11 is 0. The molecule has 0 aliphatic carbocycles. The van der Waals surface area contributed by atoms with Crippen LogP contribution in [0.4, 0.5) is 0 Å². The van der Waals surface area contributed by atoms with Crippen LogP contribution in [-0.4, -0.2) is 16.0 Å². The second kappa shape index (κ2) is 6.51. The van der Waals surface area contributed by atoms with Crippen molar-refractivity contribution in [1.82, 2.24) is 0 Å². The molecule has 0 amide bonds. The van der Waals surface area contributed by atoms with E-state index in [9.17, 15) is 5.11 Å². The van der Waals surface area contributed by atoms with Crippen LogP contribution in [0.25, 0.3) is 0 Å². The lowest BCUT2D eigenvalue weighted by atomic mass is 9.97. The Balaban J connectivity index is 0.000000771. The Morgan fingerprint density at radius 2 is 1.78 bits per heavy atom. The van der Waals surface area contributed by atoms with E-state index < -0.39 is 0 Å². The minimum atomic E-state index is -0.351. The minimum Gasteiger partial charge on any atom is -0.390 e. The Labute approximate surface area is 117 Å². The van der Waals surface area contributed by atoms with Gasteiger partial charge in [-0.25, -0.2) is 0 Å².